The smallest absolute Gasteiger partial charge is 0.305 e. The first kappa shape index (κ1) is 16.7. The molecule has 0 heterocycles. The molecule has 0 aromatic carbocycles. The molecule has 18 heavy (non-hydrogen) atoms. The Kier molecular flexibility index (Phi) is 10.1. The van der Waals surface area contributed by atoms with E-state index in [2.05, 4.69) is 34.2 Å². The molecule has 0 aromatic heterocycles. The van der Waals surface area contributed by atoms with Gasteiger partial charge in [-0.25, -0.2) is 0 Å². The van der Waals surface area contributed by atoms with E-state index in [0.29, 0.717) is 12.5 Å². The van der Waals surface area contributed by atoms with Crippen molar-refractivity contribution in [3.05, 3.63) is 0 Å². The number of carbonyl (C=O) groups excluding carboxylic acids is 1. The number of guanidine groups is 1. The number of carbonyl (C=O) groups is 1. The average molecular weight is 257 g/mol. The summed E-state index contributed by atoms with van der Waals surface area (Å²) in [6.45, 7) is 5.14. The Morgan fingerprint density at radius 3 is 2.61 bits per heavy atom. The first-order valence-corrected chi connectivity index (χ1v) is 6.68. The minimum absolute atomic E-state index is 0.128. The summed E-state index contributed by atoms with van der Waals surface area (Å²) in [6.07, 6.45) is 4.50. The summed E-state index contributed by atoms with van der Waals surface area (Å²) >= 11 is 0. The van der Waals surface area contributed by atoms with E-state index in [1.165, 1.54) is 7.11 Å². The number of unbranched alkanes of at least 4 members (excludes halogenated alkanes) is 2. The Labute approximate surface area is 110 Å². The van der Waals surface area contributed by atoms with Gasteiger partial charge in [0.05, 0.1) is 7.11 Å². The number of hydrogen-bond acceptors (Lipinski definition) is 3. The van der Waals surface area contributed by atoms with Crippen LogP contribution in [0.15, 0.2) is 4.99 Å². The number of hydrogen-bond donors (Lipinski definition) is 2. The van der Waals surface area contributed by atoms with Crippen molar-refractivity contribution in [1.29, 1.82) is 0 Å². The van der Waals surface area contributed by atoms with Crippen LogP contribution in [0.25, 0.3) is 0 Å². The van der Waals surface area contributed by atoms with Crippen LogP contribution in [0.5, 0.6) is 0 Å². The van der Waals surface area contributed by atoms with E-state index in [1.54, 1.807) is 7.05 Å². The average Bonchev–Trinajstić information content (AvgIpc) is 2.40. The highest BCUT2D eigenvalue weighted by molar-refractivity contribution is 5.79. The predicted molar refractivity (Wildman–Crippen MR) is 74.7 cm³/mol. The van der Waals surface area contributed by atoms with Crippen molar-refractivity contribution in [2.75, 3.05) is 20.7 Å². The summed E-state index contributed by atoms with van der Waals surface area (Å²) in [6, 6.07) is 0.426. The van der Waals surface area contributed by atoms with Crippen molar-refractivity contribution in [3.8, 4) is 0 Å². The van der Waals surface area contributed by atoms with Gasteiger partial charge < -0.3 is 15.4 Å². The number of aliphatic imine (C=N–C) groups is 1. The topological polar surface area (TPSA) is 62.7 Å². The van der Waals surface area contributed by atoms with E-state index >= 15 is 0 Å². The molecular weight excluding hydrogens is 230 g/mol. The van der Waals surface area contributed by atoms with Crippen molar-refractivity contribution in [2.45, 2.75) is 52.0 Å². The van der Waals surface area contributed by atoms with Gasteiger partial charge in [0.2, 0.25) is 0 Å². The molecule has 0 aliphatic carbocycles. The summed E-state index contributed by atoms with van der Waals surface area (Å²) in [7, 11) is 3.20. The first-order chi connectivity index (χ1) is 8.63. The monoisotopic (exact) mass is 257 g/mol. The molecule has 0 aliphatic rings. The number of methoxy groups -OCH3 is 1. The van der Waals surface area contributed by atoms with Gasteiger partial charge in [-0.3, -0.25) is 9.79 Å². The van der Waals surface area contributed by atoms with Crippen LogP contribution >= 0.6 is 0 Å². The van der Waals surface area contributed by atoms with Gasteiger partial charge in [-0.05, 0) is 26.2 Å². The fourth-order valence-corrected chi connectivity index (χ4v) is 1.41. The number of ether oxygens (including phenoxy) is 1. The molecule has 0 saturated carbocycles. The molecule has 1 unspecified atom stereocenters. The zero-order valence-corrected chi connectivity index (χ0v) is 12.1. The van der Waals surface area contributed by atoms with Crippen molar-refractivity contribution >= 4 is 11.9 Å². The van der Waals surface area contributed by atoms with Crippen LogP contribution in [0.1, 0.15) is 46.0 Å². The second-order valence-corrected chi connectivity index (χ2v) is 4.34. The van der Waals surface area contributed by atoms with Crippen LogP contribution < -0.4 is 10.6 Å². The SMILES string of the molecule is CCC(C)NC(=NC)NCCCCCC(=O)OC. The minimum Gasteiger partial charge on any atom is -0.469 e. The Balaban J connectivity index is 3.55. The van der Waals surface area contributed by atoms with E-state index in [9.17, 15) is 4.79 Å². The van der Waals surface area contributed by atoms with Crippen LogP contribution in [-0.2, 0) is 9.53 Å². The maximum Gasteiger partial charge on any atom is 0.305 e. The highest BCUT2D eigenvalue weighted by atomic mass is 16.5. The molecule has 0 rings (SSSR count). The molecule has 0 aliphatic heterocycles. The molecule has 0 amide bonds. The largest absolute Gasteiger partial charge is 0.469 e. The molecule has 0 bridgehead atoms. The predicted octanol–water partition coefficient (Wildman–Crippen LogP) is 1.68. The quantitative estimate of drug-likeness (QED) is 0.300. The van der Waals surface area contributed by atoms with Crippen molar-refractivity contribution in [3.63, 3.8) is 0 Å². The first-order valence-electron chi connectivity index (χ1n) is 6.68. The Morgan fingerprint density at radius 2 is 2.06 bits per heavy atom. The lowest BCUT2D eigenvalue weighted by molar-refractivity contribution is -0.140. The second-order valence-electron chi connectivity index (χ2n) is 4.34. The second kappa shape index (κ2) is 10.9. The summed E-state index contributed by atoms with van der Waals surface area (Å²) in [5.41, 5.74) is 0. The minimum atomic E-state index is -0.128. The Bertz CT molecular complexity index is 255. The number of nitrogens with one attached hydrogen (secondary N) is 2. The molecule has 5 nitrogen and oxygen atoms in total. The third-order valence-electron chi connectivity index (χ3n) is 2.80. The standard InChI is InChI=1S/C13H27N3O2/c1-5-11(2)16-13(14-3)15-10-8-6-7-9-12(17)18-4/h11H,5-10H2,1-4H3,(H2,14,15,16). The van der Waals surface area contributed by atoms with Gasteiger partial charge in [0.15, 0.2) is 5.96 Å². The summed E-state index contributed by atoms with van der Waals surface area (Å²) < 4.78 is 4.58. The van der Waals surface area contributed by atoms with Crippen molar-refractivity contribution in [2.24, 2.45) is 4.99 Å². The maximum atomic E-state index is 10.9. The fourth-order valence-electron chi connectivity index (χ4n) is 1.41. The zero-order chi connectivity index (χ0) is 13.8. The molecule has 106 valence electrons. The van der Waals surface area contributed by atoms with Crippen molar-refractivity contribution < 1.29 is 9.53 Å². The van der Waals surface area contributed by atoms with Crippen LogP contribution in [0.4, 0.5) is 0 Å². The molecule has 0 saturated heterocycles. The highest BCUT2D eigenvalue weighted by Crippen LogP contribution is 2.00. The van der Waals surface area contributed by atoms with E-state index in [4.69, 9.17) is 0 Å². The maximum absolute atomic E-state index is 10.9. The number of esters is 1. The lowest BCUT2D eigenvalue weighted by Gasteiger charge is -2.16. The third kappa shape index (κ3) is 8.84. The summed E-state index contributed by atoms with van der Waals surface area (Å²) in [5.74, 6) is 0.717. The van der Waals surface area contributed by atoms with Gasteiger partial charge in [-0.15, -0.1) is 0 Å². The van der Waals surface area contributed by atoms with Gasteiger partial charge >= 0.3 is 5.97 Å². The molecule has 2 N–H and O–H groups in total. The van der Waals surface area contributed by atoms with E-state index in [-0.39, 0.29) is 5.97 Å². The van der Waals surface area contributed by atoms with Gasteiger partial charge in [0, 0.05) is 26.1 Å². The Hall–Kier alpha value is -1.26. The third-order valence-corrected chi connectivity index (χ3v) is 2.80. The molecule has 0 radical (unpaired) electrons. The van der Waals surface area contributed by atoms with Crippen LogP contribution in [-0.4, -0.2) is 38.7 Å². The van der Waals surface area contributed by atoms with Crippen LogP contribution in [0.3, 0.4) is 0 Å². The highest BCUT2D eigenvalue weighted by Gasteiger charge is 2.02. The van der Waals surface area contributed by atoms with Gasteiger partial charge in [-0.1, -0.05) is 13.3 Å². The normalized spacial score (nSPS) is 13.0. The lowest BCUT2D eigenvalue weighted by atomic mass is 10.2. The van der Waals surface area contributed by atoms with E-state index in [0.717, 1.165) is 38.2 Å². The molecule has 0 spiro atoms. The lowest BCUT2D eigenvalue weighted by Crippen LogP contribution is -2.42. The molecule has 1 atom stereocenters. The van der Waals surface area contributed by atoms with Gasteiger partial charge in [-0.2, -0.15) is 0 Å². The molecular formula is C13H27N3O2. The van der Waals surface area contributed by atoms with E-state index in [1.807, 2.05) is 0 Å². The summed E-state index contributed by atoms with van der Waals surface area (Å²) in [5, 5.41) is 6.56. The number of nitrogens with zero attached hydrogens (tertiary/aromatic N) is 1. The van der Waals surface area contributed by atoms with Crippen molar-refractivity contribution in [1.82, 2.24) is 10.6 Å². The van der Waals surface area contributed by atoms with Crippen LogP contribution in [0.2, 0.25) is 0 Å². The zero-order valence-electron chi connectivity index (χ0n) is 12.1. The molecule has 0 aromatic rings. The molecule has 5 heteroatoms. The molecule has 0 fully saturated rings. The van der Waals surface area contributed by atoms with E-state index < -0.39 is 0 Å². The number of rotatable bonds is 8. The fraction of sp³-hybridized carbons (Fsp3) is 0.846. The summed E-state index contributed by atoms with van der Waals surface area (Å²) in [4.78, 5) is 15.0. The van der Waals surface area contributed by atoms with Crippen LogP contribution in [0, 0.1) is 0 Å². The van der Waals surface area contributed by atoms with Gasteiger partial charge in [0.25, 0.3) is 0 Å². The Morgan fingerprint density at radius 1 is 1.33 bits per heavy atom. The van der Waals surface area contributed by atoms with Gasteiger partial charge in [0.1, 0.15) is 0 Å².